The summed E-state index contributed by atoms with van der Waals surface area (Å²) in [7, 11) is -2.17. The molecule has 0 aromatic heterocycles. The Morgan fingerprint density at radius 3 is 2.75 bits per heavy atom. The van der Waals surface area contributed by atoms with E-state index >= 15 is 0 Å². The second kappa shape index (κ2) is 4.20. The van der Waals surface area contributed by atoms with Crippen LogP contribution in [0.25, 0.3) is 0 Å². The lowest BCUT2D eigenvalue weighted by molar-refractivity contribution is 0.0294. The molecule has 5 heteroatoms. The molecule has 0 spiro atoms. The van der Waals surface area contributed by atoms with Crippen LogP contribution in [0.15, 0.2) is 0 Å². The maximum atomic E-state index is 11.0. The highest BCUT2D eigenvalue weighted by Gasteiger charge is 2.21. The van der Waals surface area contributed by atoms with Gasteiger partial charge in [-0.2, -0.15) is 8.42 Å². The van der Waals surface area contributed by atoms with Crippen molar-refractivity contribution in [3.05, 3.63) is 0 Å². The van der Waals surface area contributed by atoms with Gasteiger partial charge >= 0.3 is 0 Å². The lowest BCUT2D eigenvalue weighted by Gasteiger charge is -2.21. The van der Waals surface area contributed by atoms with Crippen LogP contribution in [0, 0.1) is 0 Å². The zero-order chi connectivity index (χ0) is 9.03. The Kier molecular flexibility index (Phi) is 3.49. The SMILES string of the molecule is COS(=O)(=O)C[C@H]1CCCCO1. The van der Waals surface area contributed by atoms with E-state index in [1.165, 1.54) is 7.11 Å². The molecule has 1 aliphatic heterocycles. The van der Waals surface area contributed by atoms with Crippen LogP contribution in [0.2, 0.25) is 0 Å². The molecule has 1 fully saturated rings. The maximum absolute atomic E-state index is 11.0. The summed E-state index contributed by atoms with van der Waals surface area (Å²) in [5.74, 6) is -0.0104. The molecule has 12 heavy (non-hydrogen) atoms. The molecule has 0 bridgehead atoms. The second-order valence-electron chi connectivity index (χ2n) is 2.88. The number of hydrogen-bond acceptors (Lipinski definition) is 4. The average molecular weight is 194 g/mol. The van der Waals surface area contributed by atoms with E-state index in [0.29, 0.717) is 6.61 Å². The number of hydrogen-bond donors (Lipinski definition) is 0. The molecule has 1 atom stereocenters. The zero-order valence-electron chi connectivity index (χ0n) is 7.15. The summed E-state index contributed by atoms with van der Waals surface area (Å²) in [5.41, 5.74) is 0. The van der Waals surface area contributed by atoms with Crippen LogP contribution in [0.5, 0.6) is 0 Å². The van der Waals surface area contributed by atoms with E-state index in [4.69, 9.17) is 4.74 Å². The van der Waals surface area contributed by atoms with E-state index in [-0.39, 0.29) is 11.9 Å². The Labute approximate surface area is 73.0 Å². The van der Waals surface area contributed by atoms with Crippen LogP contribution in [-0.2, 0) is 19.0 Å². The monoisotopic (exact) mass is 194 g/mol. The molecule has 0 unspecified atom stereocenters. The van der Waals surface area contributed by atoms with Crippen molar-refractivity contribution in [1.29, 1.82) is 0 Å². The molecular formula is C7H14O4S. The Hall–Kier alpha value is -0.130. The summed E-state index contributed by atoms with van der Waals surface area (Å²) >= 11 is 0. The van der Waals surface area contributed by atoms with Gasteiger partial charge in [0.1, 0.15) is 5.75 Å². The van der Waals surface area contributed by atoms with Crippen LogP contribution < -0.4 is 0 Å². The topological polar surface area (TPSA) is 52.6 Å². The van der Waals surface area contributed by atoms with Crippen molar-refractivity contribution in [2.75, 3.05) is 19.5 Å². The van der Waals surface area contributed by atoms with E-state index in [9.17, 15) is 8.42 Å². The summed E-state index contributed by atoms with van der Waals surface area (Å²) in [6.07, 6.45) is 2.74. The highest BCUT2D eigenvalue weighted by molar-refractivity contribution is 7.86. The predicted molar refractivity (Wildman–Crippen MR) is 44.4 cm³/mol. The van der Waals surface area contributed by atoms with E-state index in [0.717, 1.165) is 19.3 Å². The maximum Gasteiger partial charge on any atom is 0.269 e. The van der Waals surface area contributed by atoms with Gasteiger partial charge < -0.3 is 4.74 Å². The summed E-state index contributed by atoms with van der Waals surface area (Å²) in [6.45, 7) is 0.671. The van der Waals surface area contributed by atoms with E-state index < -0.39 is 10.1 Å². The summed E-state index contributed by atoms with van der Waals surface area (Å²) in [6, 6.07) is 0. The Bertz CT molecular complexity index is 216. The standard InChI is InChI=1S/C7H14O4S/c1-10-12(8,9)6-7-4-2-3-5-11-7/h7H,2-6H2,1H3/t7-/m1/s1. The van der Waals surface area contributed by atoms with Crippen LogP contribution in [0.1, 0.15) is 19.3 Å². The minimum absolute atomic E-state index is 0.0104. The van der Waals surface area contributed by atoms with Gasteiger partial charge in [0, 0.05) is 6.61 Å². The van der Waals surface area contributed by atoms with Crippen LogP contribution in [0.4, 0.5) is 0 Å². The fraction of sp³-hybridized carbons (Fsp3) is 1.00. The molecule has 4 nitrogen and oxygen atoms in total. The Morgan fingerprint density at radius 2 is 2.25 bits per heavy atom. The van der Waals surface area contributed by atoms with E-state index in [2.05, 4.69) is 4.18 Å². The molecule has 0 saturated carbocycles. The highest BCUT2D eigenvalue weighted by Crippen LogP contribution is 2.14. The molecule has 0 N–H and O–H groups in total. The fourth-order valence-electron chi connectivity index (χ4n) is 1.23. The minimum Gasteiger partial charge on any atom is -0.377 e. The zero-order valence-corrected chi connectivity index (χ0v) is 7.97. The first-order valence-corrected chi connectivity index (χ1v) is 5.62. The van der Waals surface area contributed by atoms with E-state index in [1.807, 2.05) is 0 Å². The Morgan fingerprint density at radius 1 is 1.50 bits per heavy atom. The average Bonchev–Trinajstić information content (AvgIpc) is 2.06. The van der Waals surface area contributed by atoms with Crippen molar-refractivity contribution in [1.82, 2.24) is 0 Å². The Balaban J connectivity index is 2.39. The first-order chi connectivity index (χ1) is 5.64. The van der Waals surface area contributed by atoms with Crippen molar-refractivity contribution in [2.24, 2.45) is 0 Å². The first-order valence-electron chi connectivity index (χ1n) is 4.04. The van der Waals surface area contributed by atoms with Crippen LogP contribution in [0.3, 0.4) is 0 Å². The van der Waals surface area contributed by atoms with Crippen LogP contribution in [-0.4, -0.2) is 34.0 Å². The van der Waals surface area contributed by atoms with Crippen molar-refractivity contribution in [2.45, 2.75) is 25.4 Å². The first kappa shape index (κ1) is 9.95. The molecule has 0 aromatic carbocycles. The molecule has 1 heterocycles. The molecule has 1 aliphatic rings. The molecule has 0 aliphatic carbocycles. The van der Waals surface area contributed by atoms with Gasteiger partial charge in [0.2, 0.25) is 0 Å². The van der Waals surface area contributed by atoms with Gasteiger partial charge in [0.05, 0.1) is 13.2 Å². The number of ether oxygens (including phenoxy) is 1. The molecule has 0 aromatic rings. The van der Waals surface area contributed by atoms with Crippen molar-refractivity contribution in [3.8, 4) is 0 Å². The van der Waals surface area contributed by atoms with Crippen molar-refractivity contribution in [3.63, 3.8) is 0 Å². The molecule has 72 valence electrons. The molecule has 1 saturated heterocycles. The normalized spacial score (nSPS) is 25.6. The molecule has 1 rings (SSSR count). The van der Waals surface area contributed by atoms with Gasteiger partial charge in [-0.3, -0.25) is 4.18 Å². The smallest absolute Gasteiger partial charge is 0.269 e. The molecule has 0 amide bonds. The van der Waals surface area contributed by atoms with Gasteiger partial charge in [-0.1, -0.05) is 0 Å². The predicted octanol–water partition coefficient (Wildman–Crippen LogP) is 0.532. The van der Waals surface area contributed by atoms with E-state index in [1.54, 1.807) is 0 Å². The highest BCUT2D eigenvalue weighted by atomic mass is 32.2. The lowest BCUT2D eigenvalue weighted by atomic mass is 10.1. The van der Waals surface area contributed by atoms with Crippen molar-refractivity contribution < 1.29 is 17.3 Å². The third kappa shape index (κ3) is 3.08. The fourth-order valence-corrected chi connectivity index (χ4v) is 2.09. The third-order valence-corrected chi connectivity index (χ3v) is 3.21. The van der Waals surface area contributed by atoms with Gasteiger partial charge in [0.25, 0.3) is 10.1 Å². The van der Waals surface area contributed by atoms with Crippen molar-refractivity contribution >= 4 is 10.1 Å². The second-order valence-corrected chi connectivity index (χ2v) is 4.66. The summed E-state index contributed by atoms with van der Waals surface area (Å²) in [5, 5.41) is 0. The van der Waals surface area contributed by atoms with Gasteiger partial charge in [-0.05, 0) is 19.3 Å². The molecular weight excluding hydrogens is 180 g/mol. The summed E-state index contributed by atoms with van der Waals surface area (Å²) < 4.78 is 31.5. The third-order valence-electron chi connectivity index (χ3n) is 1.92. The summed E-state index contributed by atoms with van der Waals surface area (Å²) in [4.78, 5) is 0. The van der Waals surface area contributed by atoms with Gasteiger partial charge in [-0.25, -0.2) is 0 Å². The minimum atomic E-state index is -3.34. The number of rotatable bonds is 3. The largest absolute Gasteiger partial charge is 0.377 e. The quantitative estimate of drug-likeness (QED) is 0.615. The van der Waals surface area contributed by atoms with Gasteiger partial charge in [-0.15, -0.1) is 0 Å². The lowest BCUT2D eigenvalue weighted by Crippen LogP contribution is -2.28. The van der Waals surface area contributed by atoms with Gasteiger partial charge in [0.15, 0.2) is 0 Å². The molecule has 0 radical (unpaired) electrons. The van der Waals surface area contributed by atoms with Crippen LogP contribution >= 0.6 is 0 Å².